The quantitative estimate of drug-likeness (QED) is 0.0523. The number of aldehydes is 1. The van der Waals surface area contributed by atoms with Crippen LogP contribution in [0.3, 0.4) is 0 Å². The first-order chi connectivity index (χ1) is 39.0. The van der Waals surface area contributed by atoms with Gasteiger partial charge in [0.05, 0.1) is 26.6 Å². The molecule has 0 fully saturated rings. The Morgan fingerprint density at radius 2 is 0.951 bits per heavy atom. The summed E-state index contributed by atoms with van der Waals surface area (Å²) in [4.78, 5) is 35.4. The SMILES string of the molecule is CC(C)c1cccc(C(C)C)c1-n1c(-c2cccc(Br)c2)nc2ccccc21.CC(C)c1cccc(C(C)C)c1Cc1ccccc1[N+](=O)[O-].CC(C)c1cccc(C(C)C)c1N.O=Cc1cccc(Br)c1.O=[N+]([O-])c1ccccc1F. The van der Waals surface area contributed by atoms with Crippen LogP contribution in [-0.2, 0) is 6.42 Å². The van der Waals surface area contributed by atoms with Gasteiger partial charge in [0.15, 0.2) is 0 Å². The van der Waals surface area contributed by atoms with Crippen LogP contribution in [0.4, 0.5) is 21.5 Å². The molecule has 9 aromatic rings. The van der Waals surface area contributed by atoms with Crippen LogP contribution in [0.1, 0.15) is 173 Å². The zero-order valence-electron chi connectivity index (χ0n) is 49.0. The average Bonchev–Trinajstić information content (AvgIpc) is 4.09. The van der Waals surface area contributed by atoms with Gasteiger partial charge >= 0.3 is 5.69 Å². The van der Waals surface area contributed by atoms with Gasteiger partial charge in [-0.15, -0.1) is 0 Å². The molecule has 1 heterocycles. The van der Waals surface area contributed by atoms with Gasteiger partial charge in [-0.2, -0.15) is 4.39 Å². The highest BCUT2D eigenvalue weighted by Crippen LogP contribution is 2.38. The fourth-order valence-corrected chi connectivity index (χ4v) is 10.4. The molecular formula is C69H76Br2FN5O5. The molecule has 2 N–H and O–H groups in total. The summed E-state index contributed by atoms with van der Waals surface area (Å²) in [6.07, 6.45) is 1.43. The predicted octanol–water partition coefficient (Wildman–Crippen LogP) is 20.6. The third kappa shape index (κ3) is 17.5. The van der Waals surface area contributed by atoms with Gasteiger partial charge in [-0.25, -0.2) is 4.98 Å². The van der Waals surface area contributed by atoms with E-state index < -0.39 is 16.4 Å². The molecule has 0 radical (unpaired) electrons. The number of aromatic nitrogens is 2. The number of nitrogens with zero attached hydrogens (tertiary/aromatic N) is 4. The minimum absolute atomic E-state index is 0.204. The number of carbonyl (C=O) groups excluding carboxylic acids is 1. The normalized spacial score (nSPS) is 10.9. The highest BCUT2D eigenvalue weighted by atomic mass is 79.9. The van der Waals surface area contributed by atoms with Crippen molar-refractivity contribution >= 4 is 66.2 Å². The number of rotatable bonds is 13. The van der Waals surface area contributed by atoms with Gasteiger partial charge in [0.1, 0.15) is 12.1 Å². The Hall–Kier alpha value is -7.61. The second kappa shape index (κ2) is 31.0. The molecule has 0 aliphatic rings. The molecule has 1 aromatic heterocycles. The second-order valence-corrected chi connectivity index (χ2v) is 23.5. The second-order valence-electron chi connectivity index (χ2n) is 21.7. The van der Waals surface area contributed by atoms with Gasteiger partial charge in [0.2, 0.25) is 5.82 Å². The summed E-state index contributed by atoms with van der Waals surface area (Å²) >= 11 is 6.87. The highest BCUT2D eigenvalue weighted by molar-refractivity contribution is 9.10. The summed E-state index contributed by atoms with van der Waals surface area (Å²) in [5, 5.41) is 21.2. The van der Waals surface area contributed by atoms with Gasteiger partial charge in [0.25, 0.3) is 5.69 Å². The molecule has 0 spiro atoms. The number of carbonyl (C=O) groups is 1. The third-order valence-electron chi connectivity index (χ3n) is 13.7. The number of hydrogen-bond donors (Lipinski definition) is 1. The first kappa shape index (κ1) is 65.2. The van der Waals surface area contributed by atoms with E-state index in [-0.39, 0.29) is 10.6 Å². The summed E-state index contributed by atoms with van der Waals surface area (Å²) in [6.45, 7) is 26.4. The Bertz CT molecular complexity index is 3510. The molecule has 428 valence electrons. The maximum absolute atomic E-state index is 12.4. The Morgan fingerprint density at radius 1 is 0.524 bits per heavy atom. The predicted molar refractivity (Wildman–Crippen MR) is 345 cm³/mol. The Labute approximate surface area is 500 Å². The lowest BCUT2D eigenvalue weighted by Crippen LogP contribution is -2.08. The molecule has 0 saturated heterocycles. The van der Waals surface area contributed by atoms with Crippen LogP contribution >= 0.6 is 31.9 Å². The van der Waals surface area contributed by atoms with Crippen molar-refractivity contribution in [2.24, 2.45) is 0 Å². The van der Waals surface area contributed by atoms with E-state index >= 15 is 0 Å². The topological polar surface area (TPSA) is 147 Å². The molecule has 0 saturated carbocycles. The largest absolute Gasteiger partial charge is 0.398 e. The van der Waals surface area contributed by atoms with E-state index in [1.807, 2.05) is 24.3 Å². The number of nitrogens with two attached hydrogens (primary N) is 1. The maximum atomic E-state index is 12.4. The minimum Gasteiger partial charge on any atom is -0.398 e. The number of anilines is 1. The standard InChI is InChI=1S/C25H25BrN2.C19H23NO2.C12H19N.C7H5BrO.C6H4FNO2/c1-16(2)20-11-8-12-21(17(3)4)24(20)28-23-14-6-5-13-22(23)27-25(28)18-9-7-10-19(26)15-18;1-13(2)16-9-7-10-17(14(3)4)18(16)12-15-8-5-6-11-19(15)20(21)22;1-8(2)10-6-5-7-11(9(3)4)12(10)13;8-7-3-1-2-6(4-7)5-9;7-5-3-1-2-4-6(5)8(9)10/h5-17H,1-4H3;5-11,13-14H,12H2,1-4H3;5-9H,13H2,1-4H3;1-5H;1-4H. The molecule has 9 rings (SSSR count). The van der Waals surface area contributed by atoms with Gasteiger partial charge < -0.3 is 5.73 Å². The van der Waals surface area contributed by atoms with Crippen LogP contribution in [0.25, 0.3) is 28.1 Å². The van der Waals surface area contributed by atoms with Gasteiger partial charge in [-0.05, 0) is 117 Å². The van der Waals surface area contributed by atoms with E-state index in [4.69, 9.17) is 10.7 Å². The van der Waals surface area contributed by atoms with Crippen molar-refractivity contribution in [1.29, 1.82) is 0 Å². The first-order valence-corrected chi connectivity index (χ1v) is 29.2. The summed E-state index contributed by atoms with van der Waals surface area (Å²) in [5.41, 5.74) is 21.9. The van der Waals surface area contributed by atoms with Crippen LogP contribution < -0.4 is 5.73 Å². The van der Waals surface area contributed by atoms with Crippen LogP contribution in [0.2, 0.25) is 0 Å². The van der Waals surface area contributed by atoms with E-state index in [1.165, 1.54) is 56.8 Å². The minimum atomic E-state index is -0.799. The lowest BCUT2D eigenvalue weighted by molar-refractivity contribution is -0.387. The van der Waals surface area contributed by atoms with Crippen LogP contribution in [0.5, 0.6) is 0 Å². The fraction of sp³-hybridized carbons (Fsp3) is 0.275. The van der Waals surface area contributed by atoms with Crippen LogP contribution in [-0.4, -0.2) is 25.7 Å². The molecule has 0 aliphatic heterocycles. The molecule has 0 aliphatic carbocycles. The smallest absolute Gasteiger partial charge is 0.304 e. The molecule has 13 heteroatoms. The molecule has 10 nitrogen and oxygen atoms in total. The Kier molecular flexibility index (Phi) is 24.6. The Morgan fingerprint density at radius 3 is 1.40 bits per heavy atom. The van der Waals surface area contributed by atoms with Gasteiger partial charge in [-0.3, -0.25) is 29.6 Å². The van der Waals surface area contributed by atoms with E-state index in [9.17, 15) is 29.4 Å². The summed E-state index contributed by atoms with van der Waals surface area (Å²) in [5.74, 6) is 2.85. The summed E-state index contributed by atoms with van der Waals surface area (Å²) in [7, 11) is 0. The molecule has 0 amide bonds. The number of nitro benzene ring substituents is 2. The summed E-state index contributed by atoms with van der Waals surface area (Å²) in [6, 6.07) is 55.5. The van der Waals surface area contributed by atoms with Crippen molar-refractivity contribution < 1.29 is 19.0 Å². The maximum Gasteiger partial charge on any atom is 0.304 e. The average molecular weight is 1230 g/mol. The lowest BCUT2D eigenvalue weighted by atomic mass is 9.85. The fourth-order valence-electron chi connectivity index (χ4n) is 9.57. The van der Waals surface area contributed by atoms with Crippen molar-refractivity contribution in [2.75, 3.05) is 5.73 Å². The van der Waals surface area contributed by atoms with Gasteiger partial charge in [0, 0.05) is 49.9 Å². The van der Waals surface area contributed by atoms with Crippen molar-refractivity contribution in [3.63, 3.8) is 0 Å². The molecular weight excluding hydrogens is 1160 g/mol. The third-order valence-corrected chi connectivity index (χ3v) is 14.7. The zero-order valence-corrected chi connectivity index (χ0v) is 52.2. The molecule has 0 bridgehead atoms. The Balaban J connectivity index is 0.000000202. The lowest BCUT2D eigenvalue weighted by Gasteiger charge is -2.22. The number of imidazole rings is 1. The van der Waals surface area contributed by atoms with Gasteiger partial charge in [-0.1, -0.05) is 236 Å². The van der Waals surface area contributed by atoms with E-state index in [2.05, 4.69) is 223 Å². The van der Waals surface area contributed by atoms with Crippen molar-refractivity contribution in [3.05, 3.63) is 261 Å². The summed E-state index contributed by atoms with van der Waals surface area (Å²) < 4.78 is 16.8. The number of hydrogen-bond acceptors (Lipinski definition) is 7. The van der Waals surface area contributed by atoms with E-state index in [0.29, 0.717) is 47.5 Å². The van der Waals surface area contributed by atoms with Crippen molar-refractivity contribution in [3.8, 4) is 17.1 Å². The number of nitro groups is 2. The zero-order chi connectivity index (χ0) is 60.4. The monoisotopic (exact) mass is 1230 g/mol. The van der Waals surface area contributed by atoms with Crippen molar-refractivity contribution in [2.45, 2.75) is 125 Å². The first-order valence-electron chi connectivity index (χ1n) is 27.6. The van der Waals surface area contributed by atoms with Crippen LogP contribution in [0, 0.1) is 26.0 Å². The molecule has 82 heavy (non-hydrogen) atoms. The number of nitrogen functional groups attached to an aromatic ring is 1. The number of fused-ring (bicyclic) bond motifs is 1. The van der Waals surface area contributed by atoms with Crippen LogP contribution in [0.15, 0.2) is 185 Å². The molecule has 0 atom stereocenters. The van der Waals surface area contributed by atoms with E-state index in [0.717, 1.165) is 61.0 Å². The van der Waals surface area contributed by atoms with Crippen molar-refractivity contribution in [1.82, 2.24) is 9.55 Å². The number of benzene rings is 8. The molecule has 8 aromatic carbocycles. The van der Waals surface area contributed by atoms with E-state index in [1.54, 1.807) is 24.3 Å². The number of halogens is 3. The highest BCUT2D eigenvalue weighted by Gasteiger charge is 2.23. The number of para-hydroxylation sites is 6. The molecule has 0 unspecified atom stereocenters.